The number of carbonyl (C=O) groups is 2. The topological polar surface area (TPSA) is 86.9 Å². The molecule has 8 nitrogen and oxygen atoms in total. The van der Waals surface area contributed by atoms with Gasteiger partial charge < -0.3 is 24.7 Å². The van der Waals surface area contributed by atoms with E-state index in [9.17, 15) is 9.59 Å². The van der Waals surface area contributed by atoms with E-state index in [2.05, 4.69) is 33.1 Å². The first kappa shape index (κ1) is 22.7. The van der Waals surface area contributed by atoms with Crippen molar-refractivity contribution in [3.63, 3.8) is 0 Å². The standard InChI is InChI=1S/C25H30N4O4/c1-16-8-9-21-20(12-16)23(24(26-21)25(31)33-4)27-22(30)15-28-10-11-29(17(2)14-28)18-6-5-7-19(13-18)32-3/h5-9,12-13,17,26H,10-11,14-15H2,1-4H3,(H,27,30)/t17-/m1/s1. The van der Waals surface area contributed by atoms with Gasteiger partial charge in [0.15, 0.2) is 0 Å². The summed E-state index contributed by atoms with van der Waals surface area (Å²) in [5.74, 6) is 0.154. The van der Waals surface area contributed by atoms with Crippen molar-refractivity contribution in [3.05, 3.63) is 53.7 Å². The summed E-state index contributed by atoms with van der Waals surface area (Å²) in [6, 6.07) is 14.1. The summed E-state index contributed by atoms with van der Waals surface area (Å²) in [7, 11) is 2.99. The smallest absolute Gasteiger partial charge is 0.356 e. The molecule has 0 bridgehead atoms. The van der Waals surface area contributed by atoms with Crippen LogP contribution in [-0.4, -0.2) is 68.2 Å². The summed E-state index contributed by atoms with van der Waals surface area (Å²) >= 11 is 0. The number of aromatic nitrogens is 1. The van der Waals surface area contributed by atoms with Gasteiger partial charge in [-0.15, -0.1) is 0 Å². The van der Waals surface area contributed by atoms with Crippen LogP contribution in [0.15, 0.2) is 42.5 Å². The maximum Gasteiger partial charge on any atom is 0.356 e. The molecule has 1 saturated heterocycles. The minimum Gasteiger partial charge on any atom is -0.497 e. The Balaban J connectivity index is 1.45. The molecule has 174 valence electrons. The summed E-state index contributed by atoms with van der Waals surface area (Å²) in [4.78, 5) is 32.8. The second-order valence-electron chi connectivity index (χ2n) is 8.44. The van der Waals surface area contributed by atoms with Crippen molar-refractivity contribution in [2.75, 3.05) is 50.6 Å². The number of carbonyl (C=O) groups excluding carboxylic acids is 2. The zero-order chi connectivity index (χ0) is 23.5. The van der Waals surface area contributed by atoms with E-state index in [0.717, 1.165) is 47.5 Å². The molecule has 8 heteroatoms. The number of methoxy groups -OCH3 is 2. The lowest BCUT2D eigenvalue weighted by Gasteiger charge is -2.41. The highest BCUT2D eigenvalue weighted by Gasteiger charge is 2.26. The fourth-order valence-electron chi connectivity index (χ4n) is 4.42. The molecule has 1 amide bonds. The number of benzene rings is 2. The van der Waals surface area contributed by atoms with E-state index in [4.69, 9.17) is 9.47 Å². The Kier molecular flexibility index (Phi) is 6.55. The maximum atomic E-state index is 13.0. The van der Waals surface area contributed by atoms with Crippen LogP contribution in [0.1, 0.15) is 23.0 Å². The number of esters is 1. The molecule has 3 aromatic rings. The molecule has 33 heavy (non-hydrogen) atoms. The summed E-state index contributed by atoms with van der Waals surface area (Å²) in [5, 5.41) is 3.74. The third-order valence-corrected chi connectivity index (χ3v) is 6.07. The molecule has 4 rings (SSSR count). The van der Waals surface area contributed by atoms with E-state index >= 15 is 0 Å². The molecular formula is C25H30N4O4. The number of nitrogens with one attached hydrogen (secondary N) is 2. The van der Waals surface area contributed by atoms with E-state index in [0.29, 0.717) is 5.69 Å². The van der Waals surface area contributed by atoms with E-state index in [1.807, 2.05) is 43.3 Å². The first-order valence-corrected chi connectivity index (χ1v) is 11.0. The quantitative estimate of drug-likeness (QED) is 0.560. The highest BCUT2D eigenvalue weighted by atomic mass is 16.5. The van der Waals surface area contributed by atoms with Crippen LogP contribution in [0.3, 0.4) is 0 Å². The van der Waals surface area contributed by atoms with Crippen LogP contribution in [0.4, 0.5) is 11.4 Å². The van der Waals surface area contributed by atoms with Crippen LogP contribution in [-0.2, 0) is 9.53 Å². The van der Waals surface area contributed by atoms with Crippen molar-refractivity contribution < 1.29 is 19.1 Å². The van der Waals surface area contributed by atoms with E-state index in [1.54, 1.807) is 7.11 Å². The molecule has 2 aromatic carbocycles. The molecule has 2 N–H and O–H groups in total. The molecular weight excluding hydrogens is 420 g/mol. The molecule has 0 radical (unpaired) electrons. The van der Waals surface area contributed by atoms with Crippen molar-refractivity contribution >= 4 is 34.2 Å². The van der Waals surface area contributed by atoms with Crippen LogP contribution >= 0.6 is 0 Å². The zero-order valence-electron chi connectivity index (χ0n) is 19.5. The third-order valence-electron chi connectivity index (χ3n) is 6.07. The van der Waals surface area contributed by atoms with Crippen LogP contribution in [0.25, 0.3) is 10.9 Å². The van der Waals surface area contributed by atoms with Gasteiger partial charge in [-0.05, 0) is 38.1 Å². The Morgan fingerprint density at radius 1 is 1.15 bits per heavy atom. The number of piperazine rings is 1. The highest BCUT2D eigenvalue weighted by Crippen LogP contribution is 2.30. The second-order valence-corrected chi connectivity index (χ2v) is 8.44. The van der Waals surface area contributed by atoms with E-state index < -0.39 is 5.97 Å². The van der Waals surface area contributed by atoms with Gasteiger partial charge in [0, 0.05) is 48.3 Å². The molecule has 0 unspecified atom stereocenters. The largest absolute Gasteiger partial charge is 0.497 e. The predicted octanol–water partition coefficient (Wildman–Crippen LogP) is 3.42. The third kappa shape index (κ3) is 4.80. The highest BCUT2D eigenvalue weighted by molar-refractivity contribution is 6.11. The lowest BCUT2D eigenvalue weighted by atomic mass is 10.1. The van der Waals surface area contributed by atoms with Crippen molar-refractivity contribution in [1.29, 1.82) is 0 Å². The Morgan fingerprint density at radius 2 is 1.97 bits per heavy atom. The molecule has 1 aromatic heterocycles. The van der Waals surface area contributed by atoms with Gasteiger partial charge in [0.2, 0.25) is 5.91 Å². The number of hydrogen-bond donors (Lipinski definition) is 2. The first-order valence-electron chi connectivity index (χ1n) is 11.0. The van der Waals surface area contributed by atoms with Gasteiger partial charge in [0.05, 0.1) is 26.5 Å². The lowest BCUT2D eigenvalue weighted by Crippen LogP contribution is -2.53. The first-order chi connectivity index (χ1) is 15.9. The molecule has 1 fully saturated rings. The van der Waals surface area contributed by atoms with Gasteiger partial charge in [0.25, 0.3) is 0 Å². The molecule has 1 aliphatic rings. The molecule has 1 atom stereocenters. The minimum atomic E-state index is -0.514. The maximum absolute atomic E-state index is 13.0. The van der Waals surface area contributed by atoms with Crippen LogP contribution in [0.5, 0.6) is 5.75 Å². The number of amides is 1. The number of nitrogens with zero attached hydrogens (tertiary/aromatic N) is 2. The molecule has 0 spiro atoms. The van der Waals surface area contributed by atoms with Crippen LogP contribution in [0.2, 0.25) is 0 Å². The number of ether oxygens (including phenoxy) is 2. The minimum absolute atomic E-state index is 0.162. The number of aromatic amines is 1. The average Bonchev–Trinajstić information content (AvgIpc) is 3.16. The number of fused-ring (bicyclic) bond motifs is 1. The predicted molar refractivity (Wildman–Crippen MR) is 129 cm³/mol. The van der Waals surface area contributed by atoms with Crippen molar-refractivity contribution in [2.45, 2.75) is 19.9 Å². The van der Waals surface area contributed by atoms with Gasteiger partial charge in [0.1, 0.15) is 11.4 Å². The number of aryl methyl sites for hydroxylation is 1. The fraction of sp³-hybridized carbons (Fsp3) is 0.360. The number of anilines is 2. The Labute approximate surface area is 193 Å². The second kappa shape index (κ2) is 9.54. The Bertz CT molecular complexity index is 1170. The van der Waals surface area contributed by atoms with Crippen molar-refractivity contribution in [3.8, 4) is 5.75 Å². The van der Waals surface area contributed by atoms with Crippen molar-refractivity contribution in [2.24, 2.45) is 0 Å². The van der Waals surface area contributed by atoms with Crippen LogP contribution < -0.4 is 15.0 Å². The summed E-state index contributed by atoms with van der Waals surface area (Å²) in [6.07, 6.45) is 0. The number of rotatable bonds is 6. The van der Waals surface area contributed by atoms with Crippen LogP contribution in [0, 0.1) is 6.92 Å². The SMILES string of the molecule is COC(=O)c1[nH]c2ccc(C)cc2c1NC(=O)CN1CCN(c2cccc(OC)c2)[C@H](C)C1. The molecule has 1 aliphatic heterocycles. The summed E-state index contributed by atoms with van der Waals surface area (Å²) < 4.78 is 10.3. The molecule has 0 saturated carbocycles. The van der Waals surface area contributed by atoms with Crippen molar-refractivity contribution in [1.82, 2.24) is 9.88 Å². The Morgan fingerprint density at radius 3 is 2.70 bits per heavy atom. The van der Waals surface area contributed by atoms with Gasteiger partial charge >= 0.3 is 5.97 Å². The van der Waals surface area contributed by atoms with Gasteiger partial charge in [-0.3, -0.25) is 9.69 Å². The van der Waals surface area contributed by atoms with Gasteiger partial charge in [-0.2, -0.15) is 0 Å². The van der Waals surface area contributed by atoms with E-state index in [1.165, 1.54) is 7.11 Å². The van der Waals surface area contributed by atoms with Gasteiger partial charge in [-0.25, -0.2) is 4.79 Å². The monoisotopic (exact) mass is 450 g/mol. The summed E-state index contributed by atoms with van der Waals surface area (Å²) in [6.45, 7) is 6.68. The lowest BCUT2D eigenvalue weighted by molar-refractivity contribution is -0.117. The van der Waals surface area contributed by atoms with E-state index in [-0.39, 0.29) is 24.2 Å². The summed E-state index contributed by atoms with van der Waals surface area (Å²) in [5.41, 5.74) is 3.65. The molecule has 0 aliphatic carbocycles. The molecule has 2 heterocycles. The Hall–Kier alpha value is -3.52. The normalized spacial score (nSPS) is 16.6. The van der Waals surface area contributed by atoms with Gasteiger partial charge in [-0.1, -0.05) is 17.7 Å². The zero-order valence-corrected chi connectivity index (χ0v) is 19.5. The fourth-order valence-corrected chi connectivity index (χ4v) is 4.42. The average molecular weight is 451 g/mol. The number of H-pyrrole nitrogens is 1. The number of hydrogen-bond acceptors (Lipinski definition) is 6.